The third kappa shape index (κ3) is 3.69. The molecule has 4 heteroatoms. The molecule has 0 saturated heterocycles. The van der Waals surface area contributed by atoms with Gasteiger partial charge in [0, 0.05) is 21.3 Å². The summed E-state index contributed by atoms with van der Waals surface area (Å²) < 4.78 is 5.82. The maximum atomic E-state index is 6.12. The molecule has 104 valence electrons. The van der Waals surface area contributed by atoms with Gasteiger partial charge in [-0.3, -0.25) is 0 Å². The highest BCUT2D eigenvalue weighted by Gasteiger charge is 2.06. The van der Waals surface area contributed by atoms with Crippen LogP contribution in [0.2, 0.25) is 10.0 Å². The van der Waals surface area contributed by atoms with Gasteiger partial charge >= 0.3 is 0 Å². The average Bonchev–Trinajstić information content (AvgIpc) is 2.40. The lowest BCUT2D eigenvalue weighted by molar-refractivity contribution is 0.303. The van der Waals surface area contributed by atoms with E-state index in [0.717, 1.165) is 16.9 Å². The molecule has 0 aromatic heterocycles. The third-order valence-electron chi connectivity index (χ3n) is 2.85. The molecule has 2 nitrogen and oxygen atoms in total. The Morgan fingerprint density at radius 1 is 1.10 bits per heavy atom. The molecule has 0 spiro atoms. The van der Waals surface area contributed by atoms with Crippen molar-refractivity contribution in [1.82, 2.24) is 0 Å². The van der Waals surface area contributed by atoms with E-state index in [1.54, 1.807) is 12.1 Å². The Hall–Kier alpha value is -1.64. The summed E-state index contributed by atoms with van der Waals surface area (Å²) in [5.41, 5.74) is 8.38. The Labute approximate surface area is 128 Å². The van der Waals surface area contributed by atoms with Crippen LogP contribution in [0, 0.1) is 0 Å². The van der Waals surface area contributed by atoms with E-state index in [1.165, 1.54) is 0 Å². The van der Waals surface area contributed by atoms with Crippen LogP contribution in [0.1, 0.15) is 11.1 Å². The minimum Gasteiger partial charge on any atom is -0.489 e. The molecule has 2 aromatic carbocycles. The molecule has 0 amide bonds. The van der Waals surface area contributed by atoms with Gasteiger partial charge in [0.05, 0.1) is 0 Å². The molecular weight excluding hydrogens is 293 g/mol. The van der Waals surface area contributed by atoms with Gasteiger partial charge < -0.3 is 10.5 Å². The molecule has 20 heavy (non-hydrogen) atoms. The van der Waals surface area contributed by atoms with E-state index in [-0.39, 0.29) is 0 Å². The quantitative estimate of drug-likeness (QED) is 0.631. The minimum atomic E-state index is 0.379. The van der Waals surface area contributed by atoms with Crippen molar-refractivity contribution >= 4 is 28.9 Å². The van der Waals surface area contributed by atoms with E-state index in [4.69, 9.17) is 33.7 Å². The van der Waals surface area contributed by atoms with Crippen molar-refractivity contribution < 1.29 is 4.74 Å². The van der Waals surface area contributed by atoms with Crippen LogP contribution in [-0.4, -0.2) is 0 Å². The van der Waals surface area contributed by atoms with Crippen molar-refractivity contribution in [3.8, 4) is 5.75 Å². The lowest BCUT2D eigenvalue weighted by atomic mass is 10.1. The summed E-state index contributed by atoms with van der Waals surface area (Å²) in [7, 11) is 0. The van der Waals surface area contributed by atoms with Crippen LogP contribution in [0.3, 0.4) is 0 Å². The van der Waals surface area contributed by atoms with Crippen molar-refractivity contribution in [2.75, 3.05) is 5.73 Å². The first kappa shape index (κ1) is 14.8. The number of anilines is 1. The summed E-state index contributed by atoms with van der Waals surface area (Å²) in [6.45, 7) is 4.12. The minimum absolute atomic E-state index is 0.379. The summed E-state index contributed by atoms with van der Waals surface area (Å²) >= 11 is 12.0. The van der Waals surface area contributed by atoms with Gasteiger partial charge in [-0.25, -0.2) is 0 Å². The van der Waals surface area contributed by atoms with Crippen molar-refractivity contribution in [2.24, 2.45) is 0 Å². The van der Waals surface area contributed by atoms with Crippen LogP contribution in [-0.2, 0) is 13.0 Å². The Morgan fingerprint density at radius 2 is 1.90 bits per heavy atom. The fraction of sp³-hybridized carbons (Fsp3) is 0.125. The Morgan fingerprint density at radius 3 is 2.60 bits per heavy atom. The van der Waals surface area contributed by atoms with E-state index in [9.17, 15) is 0 Å². The number of hydrogen-bond acceptors (Lipinski definition) is 2. The number of allylic oxidation sites excluding steroid dienone is 1. The second-order valence-corrected chi connectivity index (χ2v) is 5.23. The molecule has 0 unspecified atom stereocenters. The summed E-state index contributed by atoms with van der Waals surface area (Å²) in [5.74, 6) is 0.783. The molecule has 2 rings (SSSR count). The van der Waals surface area contributed by atoms with Crippen LogP contribution >= 0.6 is 23.2 Å². The fourth-order valence-corrected chi connectivity index (χ4v) is 2.31. The Kier molecular flexibility index (Phi) is 4.94. The molecule has 2 N–H and O–H groups in total. The number of ether oxygens (including phenoxy) is 1. The van der Waals surface area contributed by atoms with E-state index in [2.05, 4.69) is 6.58 Å². The predicted octanol–water partition coefficient (Wildman–Crippen LogP) is 4.88. The summed E-state index contributed by atoms with van der Waals surface area (Å²) in [4.78, 5) is 0. The maximum Gasteiger partial charge on any atom is 0.123 e. The zero-order valence-electron chi connectivity index (χ0n) is 10.9. The summed E-state index contributed by atoms with van der Waals surface area (Å²) in [6, 6.07) is 10.9. The van der Waals surface area contributed by atoms with Crippen molar-refractivity contribution in [3.05, 3.63) is 70.2 Å². The molecular formula is C16H15Cl2NO. The van der Waals surface area contributed by atoms with Gasteiger partial charge in [0.2, 0.25) is 0 Å². The molecule has 0 radical (unpaired) electrons. The smallest absolute Gasteiger partial charge is 0.123 e. The van der Waals surface area contributed by atoms with Gasteiger partial charge in [-0.15, -0.1) is 6.58 Å². The van der Waals surface area contributed by atoms with Gasteiger partial charge in [-0.2, -0.15) is 0 Å². The molecule has 0 atom stereocenters. The standard InChI is InChI=1S/C16H15Cl2NO/c1-2-3-11-8-14(19)6-7-16(11)20-10-12-4-5-13(17)9-15(12)18/h2,4-9H,1,3,10,19H2. The van der Waals surface area contributed by atoms with Gasteiger partial charge in [-0.1, -0.05) is 35.3 Å². The molecule has 0 aliphatic heterocycles. The predicted molar refractivity (Wildman–Crippen MR) is 85.5 cm³/mol. The fourth-order valence-electron chi connectivity index (χ4n) is 1.85. The van der Waals surface area contributed by atoms with Crippen LogP contribution in [0.15, 0.2) is 49.1 Å². The second-order valence-electron chi connectivity index (χ2n) is 4.38. The Balaban J connectivity index is 2.16. The highest BCUT2D eigenvalue weighted by molar-refractivity contribution is 6.35. The zero-order valence-corrected chi connectivity index (χ0v) is 12.4. The first-order chi connectivity index (χ1) is 9.60. The molecule has 0 fully saturated rings. The number of hydrogen-bond donors (Lipinski definition) is 1. The SMILES string of the molecule is C=CCc1cc(N)ccc1OCc1ccc(Cl)cc1Cl. The number of nitrogens with two attached hydrogens (primary N) is 1. The summed E-state index contributed by atoms with van der Waals surface area (Å²) in [6.07, 6.45) is 2.52. The van der Waals surface area contributed by atoms with Crippen LogP contribution in [0.4, 0.5) is 5.69 Å². The highest BCUT2D eigenvalue weighted by atomic mass is 35.5. The average molecular weight is 308 g/mol. The molecule has 0 aliphatic rings. The Bertz CT molecular complexity index is 626. The number of rotatable bonds is 5. The lowest BCUT2D eigenvalue weighted by Crippen LogP contribution is -2.00. The largest absolute Gasteiger partial charge is 0.489 e. The number of benzene rings is 2. The molecule has 0 aliphatic carbocycles. The van der Waals surface area contributed by atoms with E-state index < -0.39 is 0 Å². The molecule has 2 aromatic rings. The van der Waals surface area contributed by atoms with E-state index in [1.807, 2.05) is 30.3 Å². The van der Waals surface area contributed by atoms with Crippen LogP contribution in [0.5, 0.6) is 5.75 Å². The van der Waals surface area contributed by atoms with Gasteiger partial charge in [0.15, 0.2) is 0 Å². The maximum absolute atomic E-state index is 6.12. The lowest BCUT2D eigenvalue weighted by Gasteiger charge is -2.12. The number of nitrogen functional groups attached to an aromatic ring is 1. The first-order valence-corrected chi connectivity index (χ1v) is 6.92. The molecule has 0 bridgehead atoms. The van der Waals surface area contributed by atoms with Crippen LogP contribution < -0.4 is 10.5 Å². The summed E-state index contributed by atoms with van der Waals surface area (Å²) in [5, 5.41) is 1.21. The van der Waals surface area contributed by atoms with Crippen molar-refractivity contribution in [1.29, 1.82) is 0 Å². The van der Waals surface area contributed by atoms with Crippen molar-refractivity contribution in [2.45, 2.75) is 13.0 Å². The molecule has 0 saturated carbocycles. The van der Waals surface area contributed by atoms with E-state index >= 15 is 0 Å². The third-order valence-corrected chi connectivity index (χ3v) is 3.43. The van der Waals surface area contributed by atoms with Gasteiger partial charge in [0.1, 0.15) is 12.4 Å². The normalized spacial score (nSPS) is 10.3. The highest BCUT2D eigenvalue weighted by Crippen LogP contribution is 2.26. The van der Waals surface area contributed by atoms with Crippen molar-refractivity contribution in [3.63, 3.8) is 0 Å². The number of halogens is 2. The second kappa shape index (κ2) is 6.69. The zero-order chi connectivity index (χ0) is 14.5. The topological polar surface area (TPSA) is 35.2 Å². The van der Waals surface area contributed by atoms with Gasteiger partial charge in [0.25, 0.3) is 0 Å². The van der Waals surface area contributed by atoms with Crippen LogP contribution in [0.25, 0.3) is 0 Å². The van der Waals surface area contributed by atoms with Gasteiger partial charge in [-0.05, 0) is 42.3 Å². The first-order valence-electron chi connectivity index (χ1n) is 6.16. The van der Waals surface area contributed by atoms with E-state index in [0.29, 0.717) is 28.8 Å². The monoisotopic (exact) mass is 307 g/mol. The molecule has 0 heterocycles.